The Hall–Kier alpha value is -1.02. The van der Waals surface area contributed by atoms with Gasteiger partial charge in [-0.1, -0.05) is 36.4 Å². The molecule has 25 heavy (non-hydrogen) atoms. The van der Waals surface area contributed by atoms with E-state index in [1.807, 2.05) is 36.4 Å². The number of rotatable bonds is 3. The Kier molecular flexibility index (Phi) is 5.78. The van der Waals surface area contributed by atoms with Gasteiger partial charge in [-0.3, -0.25) is 4.79 Å². The fourth-order valence-corrected chi connectivity index (χ4v) is 5.50. The first kappa shape index (κ1) is 18.8. The Morgan fingerprint density at radius 2 is 1.88 bits per heavy atom. The van der Waals surface area contributed by atoms with E-state index in [1.54, 1.807) is 4.90 Å². The van der Waals surface area contributed by atoms with Crippen LogP contribution in [0.3, 0.4) is 0 Å². The SMILES string of the molecule is CS(=O)(=O)N1CCCN(C(=O)C2C=C(c3ccccc3)SC2Cl)CC1. The van der Waals surface area contributed by atoms with Gasteiger partial charge < -0.3 is 4.90 Å². The predicted molar refractivity (Wildman–Crippen MR) is 103 cm³/mol. The summed E-state index contributed by atoms with van der Waals surface area (Å²) in [6, 6.07) is 9.89. The monoisotopic (exact) mass is 400 g/mol. The van der Waals surface area contributed by atoms with Crippen LogP contribution in [0.2, 0.25) is 0 Å². The number of hydrogen-bond acceptors (Lipinski definition) is 4. The van der Waals surface area contributed by atoms with Crippen LogP contribution in [-0.2, 0) is 14.8 Å². The highest BCUT2D eigenvalue weighted by Gasteiger charge is 2.36. The minimum Gasteiger partial charge on any atom is -0.341 e. The van der Waals surface area contributed by atoms with Crippen molar-refractivity contribution < 1.29 is 13.2 Å². The van der Waals surface area contributed by atoms with Crippen molar-refractivity contribution >= 4 is 44.2 Å². The highest BCUT2D eigenvalue weighted by molar-refractivity contribution is 8.10. The largest absolute Gasteiger partial charge is 0.341 e. The molecule has 0 N–H and O–H groups in total. The lowest BCUT2D eigenvalue weighted by Crippen LogP contribution is -2.40. The number of amides is 1. The van der Waals surface area contributed by atoms with E-state index in [-0.39, 0.29) is 16.5 Å². The summed E-state index contributed by atoms with van der Waals surface area (Å²) in [5.74, 6) is -0.402. The van der Waals surface area contributed by atoms with E-state index in [4.69, 9.17) is 11.6 Å². The molecule has 5 nitrogen and oxygen atoms in total. The maximum absolute atomic E-state index is 12.9. The van der Waals surface area contributed by atoms with Crippen molar-refractivity contribution in [3.63, 3.8) is 0 Å². The predicted octanol–water partition coefficient (Wildman–Crippen LogP) is 2.45. The van der Waals surface area contributed by atoms with Crippen LogP contribution < -0.4 is 0 Å². The van der Waals surface area contributed by atoms with Crippen LogP contribution in [0.1, 0.15) is 12.0 Å². The summed E-state index contributed by atoms with van der Waals surface area (Å²) in [4.78, 5) is 15.7. The van der Waals surface area contributed by atoms with Crippen molar-refractivity contribution in [3.05, 3.63) is 42.0 Å². The maximum atomic E-state index is 12.9. The van der Waals surface area contributed by atoms with Crippen molar-refractivity contribution in [1.29, 1.82) is 0 Å². The molecule has 2 aliphatic heterocycles. The number of thioether (sulfide) groups is 1. The van der Waals surface area contributed by atoms with E-state index in [1.165, 1.54) is 22.3 Å². The lowest BCUT2D eigenvalue weighted by molar-refractivity contribution is -0.133. The van der Waals surface area contributed by atoms with E-state index in [0.29, 0.717) is 32.6 Å². The molecule has 1 amide bonds. The summed E-state index contributed by atoms with van der Waals surface area (Å²) >= 11 is 7.94. The van der Waals surface area contributed by atoms with E-state index < -0.39 is 10.0 Å². The Morgan fingerprint density at radius 3 is 2.56 bits per heavy atom. The molecular weight excluding hydrogens is 380 g/mol. The van der Waals surface area contributed by atoms with Gasteiger partial charge >= 0.3 is 0 Å². The van der Waals surface area contributed by atoms with Crippen molar-refractivity contribution in [3.8, 4) is 0 Å². The van der Waals surface area contributed by atoms with Crippen molar-refractivity contribution in [2.45, 2.75) is 11.1 Å². The van der Waals surface area contributed by atoms with Crippen LogP contribution in [0.4, 0.5) is 0 Å². The number of carbonyl (C=O) groups excluding carboxylic acids is 1. The minimum atomic E-state index is -3.22. The highest BCUT2D eigenvalue weighted by Crippen LogP contribution is 2.45. The molecule has 1 aromatic carbocycles. The maximum Gasteiger partial charge on any atom is 0.231 e. The average Bonchev–Trinajstić information content (AvgIpc) is 2.80. The Balaban J connectivity index is 1.71. The molecule has 2 atom stereocenters. The molecule has 3 rings (SSSR count). The van der Waals surface area contributed by atoms with Gasteiger partial charge in [-0.2, -0.15) is 0 Å². The first-order valence-corrected chi connectivity index (χ1v) is 11.3. The standard InChI is InChI=1S/C17H21ClN2O3S2/c1-25(22,23)20-9-5-8-19(10-11-20)17(21)14-12-15(24-16(14)18)13-6-3-2-4-7-13/h2-4,6-7,12,14,16H,5,8-11H2,1H3. The van der Waals surface area contributed by atoms with E-state index >= 15 is 0 Å². The molecule has 0 aliphatic carbocycles. The molecule has 1 saturated heterocycles. The molecule has 0 radical (unpaired) electrons. The molecule has 1 aromatic rings. The molecule has 0 aromatic heterocycles. The Morgan fingerprint density at radius 1 is 1.16 bits per heavy atom. The lowest BCUT2D eigenvalue weighted by atomic mass is 10.1. The molecule has 8 heteroatoms. The van der Waals surface area contributed by atoms with Gasteiger partial charge in [-0.15, -0.1) is 23.4 Å². The van der Waals surface area contributed by atoms with Gasteiger partial charge in [0.2, 0.25) is 15.9 Å². The third-order valence-corrected chi connectivity index (χ3v) is 7.42. The van der Waals surface area contributed by atoms with Gasteiger partial charge in [0.15, 0.2) is 0 Å². The highest BCUT2D eigenvalue weighted by atomic mass is 35.5. The Bertz CT molecular complexity index is 767. The first-order valence-electron chi connectivity index (χ1n) is 8.18. The third-order valence-electron chi connectivity index (χ3n) is 4.43. The second kappa shape index (κ2) is 7.70. The molecule has 0 bridgehead atoms. The molecular formula is C17H21ClN2O3S2. The third kappa shape index (κ3) is 4.39. The first-order chi connectivity index (χ1) is 11.9. The second-order valence-electron chi connectivity index (χ2n) is 6.23. The summed E-state index contributed by atoms with van der Waals surface area (Å²) in [6.07, 6.45) is 3.79. The van der Waals surface area contributed by atoms with Gasteiger partial charge in [-0.05, 0) is 12.0 Å². The number of hydrogen-bond donors (Lipinski definition) is 0. The van der Waals surface area contributed by atoms with Crippen molar-refractivity contribution in [2.75, 3.05) is 32.4 Å². The van der Waals surface area contributed by atoms with Gasteiger partial charge in [0.05, 0.1) is 16.9 Å². The molecule has 2 unspecified atom stereocenters. The number of nitrogens with zero attached hydrogens (tertiary/aromatic N) is 2. The van der Waals surface area contributed by atoms with Crippen LogP contribution in [0, 0.1) is 5.92 Å². The van der Waals surface area contributed by atoms with Crippen LogP contribution in [-0.4, -0.2) is 60.7 Å². The Labute approximate surface area is 158 Å². The zero-order chi connectivity index (χ0) is 18.0. The molecule has 2 aliphatic rings. The summed E-state index contributed by atoms with van der Waals surface area (Å²) in [6.45, 7) is 1.76. The van der Waals surface area contributed by atoms with Gasteiger partial charge in [-0.25, -0.2) is 12.7 Å². The summed E-state index contributed by atoms with van der Waals surface area (Å²) in [5, 5.41) is 0. The molecule has 136 valence electrons. The van der Waals surface area contributed by atoms with Crippen LogP contribution >= 0.6 is 23.4 Å². The van der Waals surface area contributed by atoms with Crippen molar-refractivity contribution in [2.24, 2.45) is 5.92 Å². The van der Waals surface area contributed by atoms with E-state index in [0.717, 1.165) is 10.5 Å². The lowest BCUT2D eigenvalue weighted by Gasteiger charge is -2.24. The second-order valence-corrected chi connectivity index (χ2v) is 10.1. The summed E-state index contributed by atoms with van der Waals surface area (Å²) < 4.78 is 24.5. The molecule has 0 spiro atoms. The van der Waals surface area contributed by atoms with Gasteiger partial charge in [0.25, 0.3) is 0 Å². The van der Waals surface area contributed by atoms with Crippen molar-refractivity contribution in [1.82, 2.24) is 9.21 Å². The number of sulfonamides is 1. The van der Waals surface area contributed by atoms with Gasteiger partial charge in [0.1, 0.15) is 0 Å². The molecule has 1 fully saturated rings. The number of halogens is 1. The van der Waals surface area contributed by atoms with Crippen LogP contribution in [0.15, 0.2) is 36.4 Å². The zero-order valence-electron chi connectivity index (χ0n) is 14.0. The topological polar surface area (TPSA) is 57.7 Å². The van der Waals surface area contributed by atoms with Crippen LogP contribution in [0.25, 0.3) is 4.91 Å². The van der Waals surface area contributed by atoms with E-state index in [9.17, 15) is 13.2 Å². The quantitative estimate of drug-likeness (QED) is 0.731. The summed E-state index contributed by atoms with van der Waals surface area (Å²) in [7, 11) is -3.22. The summed E-state index contributed by atoms with van der Waals surface area (Å²) in [5.41, 5.74) is 1.06. The number of alkyl halides is 1. The van der Waals surface area contributed by atoms with Crippen LogP contribution in [0.5, 0.6) is 0 Å². The average molecular weight is 401 g/mol. The minimum absolute atomic E-state index is 0.0196. The normalized spacial score (nSPS) is 25.5. The number of benzene rings is 1. The van der Waals surface area contributed by atoms with Gasteiger partial charge in [0, 0.05) is 31.1 Å². The fraction of sp³-hybridized carbons (Fsp3) is 0.471. The molecule has 2 heterocycles. The number of carbonyl (C=O) groups is 1. The smallest absolute Gasteiger partial charge is 0.231 e. The van der Waals surface area contributed by atoms with E-state index in [2.05, 4.69) is 0 Å². The fourth-order valence-electron chi connectivity index (χ4n) is 3.08. The zero-order valence-corrected chi connectivity index (χ0v) is 16.4. The molecule has 0 saturated carbocycles.